The molecule has 2 rings (SSSR count). The van der Waals surface area contributed by atoms with Crippen LogP contribution in [-0.2, 0) is 11.3 Å². The van der Waals surface area contributed by atoms with E-state index in [2.05, 4.69) is 14.6 Å². The zero-order valence-corrected chi connectivity index (χ0v) is 11.9. The van der Waals surface area contributed by atoms with Gasteiger partial charge in [0.15, 0.2) is 0 Å². The Balaban J connectivity index is 1.79. The van der Waals surface area contributed by atoms with Crippen LogP contribution in [0, 0.1) is 0 Å². The van der Waals surface area contributed by atoms with Crippen LogP contribution in [-0.4, -0.2) is 30.1 Å². The second kappa shape index (κ2) is 7.28. The number of hydrogen-bond donors (Lipinski definition) is 1. The minimum atomic E-state index is -0.409. The van der Waals surface area contributed by atoms with E-state index in [4.69, 9.17) is 0 Å². The summed E-state index contributed by atoms with van der Waals surface area (Å²) in [6.07, 6.45) is 4.85. The summed E-state index contributed by atoms with van der Waals surface area (Å²) in [6, 6.07) is 10.4. The lowest BCUT2D eigenvalue weighted by Crippen LogP contribution is -2.25. The number of rotatable bonds is 6. The first-order valence-corrected chi connectivity index (χ1v) is 6.78. The zero-order chi connectivity index (χ0) is 15.1. The van der Waals surface area contributed by atoms with Crippen molar-refractivity contribution >= 4 is 11.9 Å². The maximum Gasteiger partial charge on any atom is 0.337 e. The predicted molar refractivity (Wildman–Crippen MR) is 79.2 cm³/mol. The normalized spacial score (nSPS) is 10.1. The highest BCUT2D eigenvalue weighted by molar-refractivity contribution is 5.96. The Bertz CT molecular complexity index is 588. The Hall–Kier alpha value is -2.56. The molecule has 0 fully saturated rings. The van der Waals surface area contributed by atoms with Gasteiger partial charge in [-0.15, -0.1) is 0 Å². The fourth-order valence-corrected chi connectivity index (χ4v) is 1.96. The largest absolute Gasteiger partial charge is 0.465 e. The highest BCUT2D eigenvalue weighted by Gasteiger charge is 2.08. The van der Waals surface area contributed by atoms with Crippen LogP contribution in [0.3, 0.4) is 0 Å². The van der Waals surface area contributed by atoms with Gasteiger partial charge in [0.1, 0.15) is 0 Å². The monoisotopic (exact) mass is 286 g/mol. The number of nitrogens with zero attached hydrogens (tertiary/aromatic N) is 1. The number of amides is 1. The Morgan fingerprint density at radius 3 is 2.33 bits per heavy atom. The second-order valence-corrected chi connectivity index (χ2v) is 4.60. The number of carbonyl (C=O) groups excluding carboxylic acids is 2. The van der Waals surface area contributed by atoms with Crippen LogP contribution in [0.5, 0.6) is 0 Å². The molecule has 0 radical (unpaired) electrons. The number of benzene rings is 1. The third-order valence-electron chi connectivity index (χ3n) is 3.11. The lowest BCUT2D eigenvalue weighted by molar-refractivity contribution is 0.0600. The zero-order valence-electron chi connectivity index (χ0n) is 11.9. The molecule has 110 valence electrons. The number of methoxy groups -OCH3 is 1. The van der Waals surface area contributed by atoms with E-state index in [1.165, 1.54) is 7.11 Å². The molecular weight excluding hydrogens is 268 g/mol. The molecule has 0 bridgehead atoms. The van der Waals surface area contributed by atoms with Crippen LogP contribution in [0.25, 0.3) is 0 Å². The van der Waals surface area contributed by atoms with Crippen molar-refractivity contribution in [1.29, 1.82) is 0 Å². The highest BCUT2D eigenvalue weighted by atomic mass is 16.5. The molecule has 2 aromatic rings. The number of ether oxygens (including phenoxy) is 1. The molecule has 5 nitrogen and oxygen atoms in total. The van der Waals surface area contributed by atoms with Gasteiger partial charge in [-0.25, -0.2) is 4.79 Å². The Labute approximate surface area is 123 Å². The van der Waals surface area contributed by atoms with E-state index in [1.807, 2.05) is 24.5 Å². The quantitative estimate of drug-likeness (QED) is 0.653. The van der Waals surface area contributed by atoms with E-state index < -0.39 is 5.97 Å². The van der Waals surface area contributed by atoms with E-state index in [1.54, 1.807) is 24.3 Å². The summed E-state index contributed by atoms with van der Waals surface area (Å²) in [5.41, 5.74) is 0.963. The van der Waals surface area contributed by atoms with Crippen molar-refractivity contribution < 1.29 is 14.3 Å². The first kappa shape index (κ1) is 14.8. The molecule has 1 N–H and O–H groups in total. The van der Waals surface area contributed by atoms with Gasteiger partial charge in [0.25, 0.3) is 5.91 Å². The van der Waals surface area contributed by atoms with Crippen molar-refractivity contribution in [2.45, 2.75) is 13.0 Å². The average Bonchev–Trinajstić information content (AvgIpc) is 3.04. The summed E-state index contributed by atoms with van der Waals surface area (Å²) in [5.74, 6) is -0.549. The number of hydrogen-bond acceptors (Lipinski definition) is 3. The maximum absolute atomic E-state index is 11.9. The molecule has 0 unspecified atom stereocenters. The number of aryl methyl sites for hydroxylation is 1. The average molecular weight is 286 g/mol. The molecule has 0 atom stereocenters. The SMILES string of the molecule is COC(=O)c1ccc(C(=O)NCCCn2cccc2)cc1. The van der Waals surface area contributed by atoms with E-state index in [0.717, 1.165) is 13.0 Å². The van der Waals surface area contributed by atoms with Gasteiger partial charge >= 0.3 is 5.97 Å². The standard InChI is InChI=1S/C16H18N2O3/c1-21-16(20)14-7-5-13(6-8-14)15(19)17-9-4-12-18-10-2-3-11-18/h2-3,5-8,10-11H,4,9,12H2,1H3,(H,17,19). The minimum Gasteiger partial charge on any atom is -0.465 e. The van der Waals surface area contributed by atoms with Crippen LogP contribution < -0.4 is 5.32 Å². The van der Waals surface area contributed by atoms with Crippen molar-refractivity contribution in [1.82, 2.24) is 9.88 Å². The molecule has 1 amide bonds. The fraction of sp³-hybridized carbons (Fsp3) is 0.250. The van der Waals surface area contributed by atoms with Gasteiger partial charge in [-0.1, -0.05) is 0 Å². The molecule has 21 heavy (non-hydrogen) atoms. The number of carbonyl (C=O) groups is 2. The summed E-state index contributed by atoms with van der Waals surface area (Å²) in [7, 11) is 1.33. The Morgan fingerprint density at radius 2 is 1.71 bits per heavy atom. The summed E-state index contributed by atoms with van der Waals surface area (Å²) >= 11 is 0. The molecule has 1 aromatic carbocycles. The summed E-state index contributed by atoms with van der Waals surface area (Å²) in [6.45, 7) is 1.48. The third-order valence-corrected chi connectivity index (χ3v) is 3.11. The summed E-state index contributed by atoms with van der Waals surface area (Å²) in [5, 5.41) is 2.86. The van der Waals surface area contributed by atoms with Gasteiger partial charge in [0.05, 0.1) is 12.7 Å². The molecule has 5 heteroatoms. The van der Waals surface area contributed by atoms with Gasteiger partial charge in [-0.2, -0.15) is 0 Å². The molecule has 0 saturated carbocycles. The lowest BCUT2D eigenvalue weighted by Gasteiger charge is -2.06. The predicted octanol–water partition coefficient (Wildman–Crippen LogP) is 2.09. The highest BCUT2D eigenvalue weighted by Crippen LogP contribution is 2.05. The molecule has 1 heterocycles. The van der Waals surface area contributed by atoms with E-state index in [9.17, 15) is 9.59 Å². The van der Waals surface area contributed by atoms with Gasteiger partial charge in [-0.3, -0.25) is 4.79 Å². The van der Waals surface area contributed by atoms with E-state index in [-0.39, 0.29) is 5.91 Å². The number of aromatic nitrogens is 1. The van der Waals surface area contributed by atoms with Crippen LogP contribution in [0.15, 0.2) is 48.8 Å². The van der Waals surface area contributed by atoms with Gasteiger partial charge in [0, 0.05) is 31.0 Å². The molecule has 0 aliphatic carbocycles. The van der Waals surface area contributed by atoms with Crippen molar-refractivity contribution in [2.24, 2.45) is 0 Å². The smallest absolute Gasteiger partial charge is 0.337 e. The molecule has 0 aliphatic rings. The number of nitrogens with one attached hydrogen (secondary N) is 1. The van der Waals surface area contributed by atoms with Crippen molar-refractivity contribution in [3.8, 4) is 0 Å². The van der Waals surface area contributed by atoms with Crippen LogP contribution in [0.4, 0.5) is 0 Å². The summed E-state index contributed by atoms with van der Waals surface area (Å²) < 4.78 is 6.68. The molecule has 0 saturated heterocycles. The van der Waals surface area contributed by atoms with Crippen LogP contribution in [0.1, 0.15) is 27.1 Å². The summed E-state index contributed by atoms with van der Waals surface area (Å²) in [4.78, 5) is 23.2. The van der Waals surface area contributed by atoms with Crippen LogP contribution in [0.2, 0.25) is 0 Å². The third kappa shape index (κ3) is 4.21. The molecular formula is C16H18N2O3. The minimum absolute atomic E-state index is 0.140. The number of esters is 1. The van der Waals surface area contributed by atoms with Crippen molar-refractivity contribution in [2.75, 3.05) is 13.7 Å². The Kier molecular flexibility index (Phi) is 5.15. The lowest BCUT2D eigenvalue weighted by atomic mass is 10.1. The molecule has 0 aliphatic heterocycles. The van der Waals surface area contributed by atoms with E-state index >= 15 is 0 Å². The van der Waals surface area contributed by atoms with Crippen molar-refractivity contribution in [3.63, 3.8) is 0 Å². The first-order chi connectivity index (χ1) is 10.2. The van der Waals surface area contributed by atoms with Gasteiger partial charge in [0.2, 0.25) is 0 Å². The Morgan fingerprint density at radius 1 is 1.10 bits per heavy atom. The van der Waals surface area contributed by atoms with Crippen LogP contribution >= 0.6 is 0 Å². The fourth-order valence-electron chi connectivity index (χ4n) is 1.96. The first-order valence-electron chi connectivity index (χ1n) is 6.78. The second-order valence-electron chi connectivity index (χ2n) is 4.60. The van der Waals surface area contributed by atoms with Gasteiger partial charge in [-0.05, 0) is 42.8 Å². The van der Waals surface area contributed by atoms with Crippen molar-refractivity contribution in [3.05, 3.63) is 59.9 Å². The van der Waals surface area contributed by atoms with E-state index in [0.29, 0.717) is 17.7 Å². The maximum atomic E-state index is 11.9. The molecule has 0 spiro atoms. The van der Waals surface area contributed by atoms with Gasteiger partial charge < -0.3 is 14.6 Å². The topological polar surface area (TPSA) is 60.3 Å². The molecule has 1 aromatic heterocycles.